The second-order valence-corrected chi connectivity index (χ2v) is 5.32. The molecule has 1 heterocycles. The van der Waals surface area contributed by atoms with Gasteiger partial charge in [-0.3, -0.25) is 4.98 Å². The third-order valence-corrected chi connectivity index (χ3v) is 4.04. The van der Waals surface area contributed by atoms with E-state index in [-0.39, 0.29) is 6.04 Å². The Morgan fingerprint density at radius 2 is 1.80 bits per heavy atom. The summed E-state index contributed by atoms with van der Waals surface area (Å²) in [5.41, 5.74) is 6.66. The molecule has 0 saturated carbocycles. The molecule has 0 radical (unpaired) electrons. The van der Waals surface area contributed by atoms with Crippen LogP contribution in [0.25, 0.3) is 0 Å². The van der Waals surface area contributed by atoms with Crippen molar-refractivity contribution >= 4 is 0 Å². The number of aromatic nitrogens is 1. The molecule has 1 unspecified atom stereocenters. The first-order chi connectivity index (χ1) is 9.67. The van der Waals surface area contributed by atoms with E-state index in [0.717, 1.165) is 12.8 Å². The van der Waals surface area contributed by atoms with Gasteiger partial charge in [-0.05, 0) is 62.1 Å². The number of nitrogens with zero attached hydrogens (tertiary/aromatic N) is 1. The third-order valence-electron chi connectivity index (χ3n) is 4.04. The summed E-state index contributed by atoms with van der Waals surface area (Å²) in [5, 5.41) is 3.43. The first-order valence-electron chi connectivity index (χ1n) is 7.33. The van der Waals surface area contributed by atoms with Crippen LogP contribution in [0.2, 0.25) is 0 Å². The summed E-state index contributed by atoms with van der Waals surface area (Å²) in [4.78, 5) is 4.61. The highest BCUT2D eigenvalue weighted by Gasteiger charge is 2.16. The molecule has 0 aliphatic carbocycles. The average molecular weight is 268 g/mol. The van der Waals surface area contributed by atoms with Gasteiger partial charge < -0.3 is 5.32 Å². The van der Waals surface area contributed by atoms with E-state index in [9.17, 15) is 0 Å². The molecule has 2 rings (SSSR count). The molecule has 0 bridgehead atoms. The quantitative estimate of drug-likeness (QED) is 0.893. The predicted octanol–water partition coefficient (Wildman–Crippen LogP) is 3.76. The van der Waals surface area contributed by atoms with Crippen molar-refractivity contribution in [3.05, 3.63) is 64.5 Å². The molecule has 0 saturated heterocycles. The number of hydrogen-bond donors (Lipinski definition) is 1. The third kappa shape index (κ3) is 3.07. The van der Waals surface area contributed by atoms with Crippen LogP contribution in [0.15, 0.2) is 36.5 Å². The van der Waals surface area contributed by atoms with Crippen molar-refractivity contribution in [2.75, 3.05) is 7.05 Å². The van der Waals surface area contributed by atoms with Crippen LogP contribution in [0.1, 0.15) is 40.9 Å². The van der Waals surface area contributed by atoms with Crippen molar-refractivity contribution in [2.24, 2.45) is 0 Å². The normalized spacial score (nSPS) is 12.4. The second-order valence-electron chi connectivity index (χ2n) is 5.32. The maximum absolute atomic E-state index is 4.61. The van der Waals surface area contributed by atoms with E-state index in [2.05, 4.69) is 55.3 Å². The molecule has 20 heavy (non-hydrogen) atoms. The minimum Gasteiger partial charge on any atom is -0.311 e. The molecule has 0 aliphatic rings. The lowest BCUT2D eigenvalue weighted by Crippen LogP contribution is -2.22. The van der Waals surface area contributed by atoms with Gasteiger partial charge >= 0.3 is 0 Å². The standard InChI is InChI=1S/C18H24N2/c1-5-15-10-7-11-20-18(15)17(19-4)12-16-13(2)8-6-9-14(16)3/h6-11,17,19H,5,12H2,1-4H3. The molecule has 0 fully saturated rings. The molecule has 1 aromatic heterocycles. The van der Waals surface area contributed by atoms with Crippen molar-refractivity contribution in [1.29, 1.82) is 0 Å². The highest BCUT2D eigenvalue weighted by molar-refractivity contribution is 5.35. The van der Waals surface area contributed by atoms with Crippen LogP contribution in [0, 0.1) is 13.8 Å². The van der Waals surface area contributed by atoms with Crippen LogP contribution >= 0.6 is 0 Å². The number of rotatable bonds is 5. The molecule has 0 spiro atoms. The zero-order chi connectivity index (χ0) is 14.5. The lowest BCUT2D eigenvalue weighted by atomic mass is 9.93. The lowest BCUT2D eigenvalue weighted by Gasteiger charge is -2.20. The summed E-state index contributed by atoms with van der Waals surface area (Å²) in [6.45, 7) is 6.56. The van der Waals surface area contributed by atoms with E-state index in [1.165, 1.54) is 27.9 Å². The summed E-state index contributed by atoms with van der Waals surface area (Å²) >= 11 is 0. The summed E-state index contributed by atoms with van der Waals surface area (Å²) < 4.78 is 0. The molecule has 2 nitrogen and oxygen atoms in total. The number of aryl methyl sites for hydroxylation is 3. The molecule has 1 atom stereocenters. The Balaban J connectivity index is 2.34. The van der Waals surface area contributed by atoms with Gasteiger partial charge in [0.25, 0.3) is 0 Å². The maximum atomic E-state index is 4.61. The van der Waals surface area contributed by atoms with Gasteiger partial charge in [-0.25, -0.2) is 0 Å². The summed E-state index contributed by atoms with van der Waals surface area (Å²) in [7, 11) is 2.02. The number of benzene rings is 1. The fourth-order valence-corrected chi connectivity index (χ4v) is 2.77. The topological polar surface area (TPSA) is 24.9 Å². The molecule has 2 aromatic rings. The number of hydrogen-bond acceptors (Lipinski definition) is 2. The summed E-state index contributed by atoms with van der Waals surface area (Å²) in [5.74, 6) is 0. The van der Waals surface area contributed by atoms with Crippen LogP contribution in [-0.4, -0.2) is 12.0 Å². The minimum absolute atomic E-state index is 0.269. The number of pyridine rings is 1. The van der Waals surface area contributed by atoms with Gasteiger partial charge in [0.15, 0.2) is 0 Å². The molecule has 106 valence electrons. The Morgan fingerprint density at radius 3 is 2.40 bits per heavy atom. The van der Waals surface area contributed by atoms with Crippen molar-refractivity contribution in [2.45, 2.75) is 39.7 Å². The molecular weight excluding hydrogens is 244 g/mol. The first kappa shape index (κ1) is 14.7. The van der Waals surface area contributed by atoms with Gasteiger partial charge in [-0.1, -0.05) is 31.2 Å². The molecule has 0 aliphatic heterocycles. The Labute approximate surface area is 122 Å². The van der Waals surface area contributed by atoms with E-state index in [4.69, 9.17) is 0 Å². The Kier molecular flexibility index (Phi) is 4.91. The summed E-state index contributed by atoms with van der Waals surface area (Å²) in [6, 6.07) is 11.0. The predicted molar refractivity (Wildman–Crippen MR) is 85.0 cm³/mol. The van der Waals surface area contributed by atoms with Gasteiger partial charge in [-0.2, -0.15) is 0 Å². The van der Waals surface area contributed by atoms with Crippen LogP contribution in [0.3, 0.4) is 0 Å². The van der Waals surface area contributed by atoms with E-state index < -0.39 is 0 Å². The highest BCUT2D eigenvalue weighted by Crippen LogP contribution is 2.24. The van der Waals surface area contributed by atoms with Gasteiger partial charge in [0, 0.05) is 6.20 Å². The van der Waals surface area contributed by atoms with Gasteiger partial charge in [0.1, 0.15) is 0 Å². The minimum atomic E-state index is 0.269. The largest absolute Gasteiger partial charge is 0.311 e. The lowest BCUT2D eigenvalue weighted by molar-refractivity contribution is 0.567. The van der Waals surface area contributed by atoms with Crippen LogP contribution in [-0.2, 0) is 12.8 Å². The SMILES string of the molecule is CCc1cccnc1C(Cc1c(C)cccc1C)NC. The van der Waals surface area contributed by atoms with Gasteiger partial charge in [-0.15, -0.1) is 0 Å². The molecular formula is C18H24N2. The Hall–Kier alpha value is -1.67. The first-order valence-corrected chi connectivity index (χ1v) is 7.33. The molecule has 2 heteroatoms. The maximum Gasteiger partial charge on any atom is 0.0608 e. The monoisotopic (exact) mass is 268 g/mol. The average Bonchev–Trinajstić information content (AvgIpc) is 2.47. The highest BCUT2D eigenvalue weighted by atomic mass is 14.9. The van der Waals surface area contributed by atoms with Crippen molar-refractivity contribution in [3.8, 4) is 0 Å². The van der Waals surface area contributed by atoms with Gasteiger partial charge in [0.2, 0.25) is 0 Å². The van der Waals surface area contributed by atoms with E-state index in [1.807, 2.05) is 19.3 Å². The van der Waals surface area contributed by atoms with Crippen molar-refractivity contribution in [1.82, 2.24) is 10.3 Å². The van der Waals surface area contributed by atoms with Crippen LogP contribution in [0.4, 0.5) is 0 Å². The molecule has 1 aromatic carbocycles. The second kappa shape index (κ2) is 6.67. The van der Waals surface area contributed by atoms with Crippen LogP contribution in [0.5, 0.6) is 0 Å². The summed E-state index contributed by atoms with van der Waals surface area (Å²) in [6.07, 6.45) is 3.90. The van der Waals surface area contributed by atoms with Crippen molar-refractivity contribution in [3.63, 3.8) is 0 Å². The Bertz CT molecular complexity index is 555. The van der Waals surface area contributed by atoms with Gasteiger partial charge in [0.05, 0.1) is 11.7 Å². The van der Waals surface area contributed by atoms with E-state index >= 15 is 0 Å². The van der Waals surface area contributed by atoms with E-state index in [1.54, 1.807) is 0 Å². The zero-order valence-corrected chi connectivity index (χ0v) is 12.9. The fraction of sp³-hybridized carbons (Fsp3) is 0.389. The number of nitrogens with one attached hydrogen (secondary N) is 1. The molecule has 0 amide bonds. The Morgan fingerprint density at radius 1 is 1.10 bits per heavy atom. The van der Waals surface area contributed by atoms with E-state index in [0.29, 0.717) is 0 Å². The fourth-order valence-electron chi connectivity index (χ4n) is 2.77. The van der Waals surface area contributed by atoms with Crippen molar-refractivity contribution < 1.29 is 0 Å². The molecule has 1 N–H and O–H groups in total. The van der Waals surface area contributed by atoms with Crippen LogP contribution < -0.4 is 5.32 Å². The number of likely N-dealkylation sites (N-methyl/N-ethyl adjacent to an activating group) is 1. The zero-order valence-electron chi connectivity index (χ0n) is 12.9. The smallest absolute Gasteiger partial charge is 0.0608 e.